The lowest BCUT2D eigenvalue weighted by Crippen LogP contribution is -2.40. The minimum atomic E-state index is -4.71. The number of rotatable bonds is 1. The van der Waals surface area contributed by atoms with Crippen LogP contribution < -0.4 is 0 Å². The molecule has 1 aromatic carbocycles. The summed E-state index contributed by atoms with van der Waals surface area (Å²) in [4.78, 5) is 24.7. The lowest BCUT2D eigenvalue weighted by Gasteiger charge is -2.25. The Morgan fingerprint density at radius 3 is 2.05 bits per heavy atom. The third-order valence-corrected chi connectivity index (χ3v) is 4.99. The van der Waals surface area contributed by atoms with Gasteiger partial charge in [-0.1, -0.05) is 6.07 Å². The molecule has 0 radical (unpaired) electrons. The molecule has 0 heterocycles. The maximum Gasteiger partial charge on any atom is 0.401 e. The van der Waals surface area contributed by atoms with Gasteiger partial charge in [0.1, 0.15) is 17.1 Å². The van der Waals surface area contributed by atoms with Crippen LogP contribution in [0.15, 0.2) is 6.07 Å². The summed E-state index contributed by atoms with van der Waals surface area (Å²) in [7, 11) is 0. The Morgan fingerprint density at radius 1 is 1.05 bits per heavy atom. The maximum absolute atomic E-state index is 13.2. The monoisotopic (exact) mass is 312 g/mol. The molecule has 0 aromatic heterocycles. The quantitative estimate of drug-likeness (QED) is 0.731. The molecule has 1 aliphatic carbocycles. The molecule has 1 saturated carbocycles. The predicted molar refractivity (Wildman–Crippen MR) is 76.9 cm³/mol. The van der Waals surface area contributed by atoms with E-state index in [4.69, 9.17) is 0 Å². The molecule has 1 aromatic rings. The molecule has 5 heteroatoms. The van der Waals surface area contributed by atoms with Crippen molar-refractivity contribution in [3.63, 3.8) is 0 Å². The Balaban J connectivity index is 2.63. The van der Waals surface area contributed by atoms with Crippen LogP contribution in [-0.4, -0.2) is 17.7 Å². The minimum absolute atomic E-state index is 0.450. The predicted octanol–water partition coefficient (Wildman–Crippen LogP) is 4.11. The fourth-order valence-corrected chi connectivity index (χ4v) is 3.28. The fourth-order valence-electron chi connectivity index (χ4n) is 3.28. The van der Waals surface area contributed by atoms with Gasteiger partial charge in [-0.05, 0) is 62.4 Å². The van der Waals surface area contributed by atoms with Gasteiger partial charge in [0.15, 0.2) is 5.78 Å². The fraction of sp³-hybridized carbons (Fsp3) is 0.529. The van der Waals surface area contributed by atoms with Crippen LogP contribution in [0.2, 0.25) is 0 Å². The van der Waals surface area contributed by atoms with E-state index < -0.39 is 35.5 Å². The smallest absolute Gasteiger partial charge is 0.298 e. The number of hydrogen-bond acceptors (Lipinski definition) is 2. The molecule has 0 spiro atoms. The SMILES string of the molecule is Cc1cc(C)c(C2C(=O)CC(C)(C(F)(F)F)C2=O)c(C)c1C. The Kier molecular flexibility index (Phi) is 3.75. The molecule has 22 heavy (non-hydrogen) atoms. The Labute approximate surface area is 127 Å². The normalized spacial score (nSPS) is 25.9. The average molecular weight is 312 g/mol. The summed E-state index contributed by atoms with van der Waals surface area (Å²) in [6, 6.07) is 1.82. The van der Waals surface area contributed by atoms with E-state index >= 15 is 0 Å². The first-order valence-corrected chi connectivity index (χ1v) is 7.13. The third-order valence-electron chi connectivity index (χ3n) is 4.99. The second-order valence-electron chi connectivity index (χ2n) is 6.44. The van der Waals surface area contributed by atoms with Crippen LogP contribution in [0.1, 0.15) is 47.1 Å². The van der Waals surface area contributed by atoms with Crippen molar-refractivity contribution < 1.29 is 22.8 Å². The standard InChI is InChI=1S/C17H19F3O2/c1-8-6-9(2)13(11(4)10(8)3)14-12(21)7-16(5,15(14)22)17(18,19)20/h6,14H,7H2,1-5H3. The number of carbonyl (C=O) groups excluding carboxylic acids is 2. The number of hydrogen-bond donors (Lipinski definition) is 0. The first kappa shape index (κ1) is 16.7. The molecule has 0 aliphatic heterocycles. The molecule has 0 bridgehead atoms. The summed E-state index contributed by atoms with van der Waals surface area (Å²) in [6.45, 7) is 8.07. The van der Waals surface area contributed by atoms with Gasteiger partial charge in [0, 0.05) is 6.42 Å². The highest BCUT2D eigenvalue weighted by molar-refractivity contribution is 6.17. The Hall–Kier alpha value is -1.65. The van der Waals surface area contributed by atoms with E-state index in [2.05, 4.69) is 0 Å². The number of aryl methyl sites for hydroxylation is 2. The maximum atomic E-state index is 13.2. The van der Waals surface area contributed by atoms with Gasteiger partial charge >= 0.3 is 6.18 Å². The van der Waals surface area contributed by atoms with E-state index in [0.29, 0.717) is 11.1 Å². The Morgan fingerprint density at radius 2 is 1.59 bits per heavy atom. The molecule has 0 saturated heterocycles. The summed E-state index contributed by atoms with van der Waals surface area (Å²) >= 11 is 0. The number of carbonyl (C=O) groups is 2. The molecule has 120 valence electrons. The lowest BCUT2D eigenvalue weighted by molar-refractivity contribution is -0.212. The number of alkyl halides is 3. The second-order valence-corrected chi connectivity index (χ2v) is 6.44. The summed E-state index contributed by atoms with van der Waals surface area (Å²) in [6.07, 6.45) is -5.48. The van der Waals surface area contributed by atoms with Crippen LogP contribution in [0.25, 0.3) is 0 Å². The van der Waals surface area contributed by atoms with Gasteiger partial charge in [0.25, 0.3) is 0 Å². The molecular weight excluding hydrogens is 293 g/mol. The highest BCUT2D eigenvalue weighted by Crippen LogP contribution is 2.51. The van der Waals surface area contributed by atoms with Gasteiger partial charge in [0.2, 0.25) is 0 Å². The van der Waals surface area contributed by atoms with Crippen LogP contribution in [0.3, 0.4) is 0 Å². The summed E-state index contributed by atoms with van der Waals surface area (Å²) in [5.74, 6) is -2.97. The van der Waals surface area contributed by atoms with Crippen LogP contribution in [-0.2, 0) is 9.59 Å². The number of ketones is 2. The van der Waals surface area contributed by atoms with Crippen molar-refractivity contribution in [1.29, 1.82) is 0 Å². The highest BCUT2D eigenvalue weighted by atomic mass is 19.4. The van der Waals surface area contributed by atoms with Crippen LogP contribution in [0.5, 0.6) is 0 Å². The molecule has 1 aliphatic rings. The van der Waals surface area contributed by atoms with Crippen molar-refractivity contribution in [2.45, 2.75) is 53.1 Å². The molecule has 2 nitrogen and oxygen atoms in total. The van der Waals surface area contributed by atoms with Crippen molar-refractivity contribution in [3.05, 3.63) is 33.9 Å². The zero-order valence-electron chi connectivity index (χ0n) is 13.3. The molecular formula is C17H19F3O2. The molecule has 2 unspecified atom stereocenters. The topological polar surface area (TPSA) is 34.1 Å². The van der Waals surface area contributed by atoms with E-state index in [1.54, 1.807) is 13.8 Å². The van der Waals surface area contributed by atoms with Crippen molar-refractivity contribution in [1.82, 2.24) is 0 Å². The van der Waals surface area contributed by atoms with Crippen LogP contribution in [0, 0.1) is 33.1 Å². The summed E-state index contributed by atoms with van der Waals surface area (Å²) in [5, 5.41) is 0. The number of Topliss-reactive ketones (excluding diaryl/α,β-unsaturated/α-hetero) is 2. The van der Waals surface area contributed by atoms with E-state index in [0.717, 1.165) is 23.6 Å². The lowest BCUT2D eigenvalue weighted by atomic mass is 9.80. The van der Waals surface area contributed by atoms with Gasteiger partial charge in [-0.2, -0.15) is 13.2 Å². The van der Waals surface area contributed by atoms with Crippen molar-refractivity contribution in [2.75, 3.05) is 0 Å². The largest absolute Gasteiger partial charge is 0.401 e. The Bertz CT molecular complexity index is 673. The highest BCUT2D eigenvalue weighted by Gasteiger charge is 2.64. The van der Waals surface area contributed by atoms with Crippen molar-refractivity contribution in [3.8, 4) is 0 Å². The first-order chi connectivity index (χ1) is 9.91. The van der Waals surface area contributed by atoms with E-state index in [9.17, 15) is 22.8 Å². The van der Waals surface area contributed by atoms with Gasteiger partial charge in [-0.15, -0.1) is 0 Å². The van der Waals surface area contributed by atoms with Crippen molar-refractivity contribution in [2.24, 2.45) is 5.41 Å². The number of halogens is 3. The van der Waals surface area contributed by atoms with E-state index in [-0.39, 0.29) is 0 Å². The van der Waals surface area contributed by atoms with Crippen molar-refractivity contribution >= 4 is 11.6 Å². The zero-order chi connectivity index (χ0) is 17.0. The summed E-state index contributed by atoms with van der Waals surface area (Å²) in [5.41, 5.74) is 1.20. The third kappa shape index (κ3) is 2.18. The van der Waals surface area contributed by atoms with Gasteiger partial charge in [0.05, 0.1) is 0 Å². The first-order valence-electron chi connectivity index (χ1n) is 7.13. The van der Waals surface area contributed by atoms with E-state index in [1.807, 2.05) is 19.9 Å². The molecule has 0 amide bonds. The zero-order valence-corrected chi connectivity index (χ0v) is 13.3. The molecule has 1 fully saturated rings. The second kappa shape index (κ2) is 4.93. The number of benzene rings is 1. The molecule has 0 N–H and O–H groups in total. The molecule has 2 atom stereocenters. The van der Waals surface area contributed by atoms with E-state index in [1.165, 1.54) is 0 Å². The van der Waals surface area contributed by atoms with Crippen LogP contribution >= 0.6 is 0 Å². The summed E-state index contributed by atoms with van der Waals surface area (Å²) < 4.78 is 39.7. The average Bonchev–Trinajstić information content (AvgIpc) is 2.60. The van der Waals surface area contributed by atoms with Gasteiger partial charge in [-0.25, -0.2) is 0 Å². The van der Waals surface area contributed by atoms with Gasteiger partial charge < -0.3 is 0 Å². The molecule has 2 rings (SSSR count). The van der Waals surface area contributed by atoms with Crippen LogP contribution in [0.4, 0.5) is 13.2 Å². The minimum Gasteiger partial charge on any atom is -0.298 e. The van der Waals surface area contributed by atoms with Gasteiger partial charge in [-0.3, -0.25) is 9.59 Å².